The first-order valence-corrected chi connectivity index (χ1v) is 15.4. The average molecular weight is 619 g/mol. The summed E-state index contributed by atoms with van der Waals surface area (Å²) >= 11 is 0. The average Bonchev–Trinajstić information content (AvgIpc) is 2.94. The molecule has 39 heavy (non-hydrogen) atoms. The van der Waals surface area contributed by atoms with Crippen molar-refractivity contribution in [1.82, 2.24) is 0 Å². The number of nitrogens with zero attached hydrogens (tertiary/aromatic N) is 2. The van der Waals surface area contributed by atoms with E-state index < -0.39 is 0 Å². The van der Waals surface area contributed by atoms with Crippen molar-refractivity contribution >= 4 is 23.3 Å². The van der Waals surface area contributed by atoms with Gasteiger partial charge in [-0.3, -0.25) is 9.98 Å². The fourth-order valence-corrected chi connectivity index (χ4v) is 4.50. The molecule has 2 rings (SSSR count). The Morgan fingerprint density at radius 1 is 0.590 bits per heavy atom. The zero-order chi connectivity index (χ0) is 27.1. The molecule has 0 aromatic heterocycles. The third kappa shape index (κ3) is 15.9. The predicted molar refractivity (Wildman–Crippen MR) is 171 cm³/mol. The van der Waals surface area contributed by atoms with E-state index in [1.807, 2.05) is 6.21 Å². The number of rotatable bonds is 20. The summed E-state index contributed by atoms with van der Waals surface area (Å²) < 4.78 is 0. The van der Waals surface area contributed by atoms with Gasteiger partial charge in [-0.2, -0.15) is 0 Å². The van der Waals surface area contributed by atoms with Crippen LogP contribution in [0.3, 0.4) is 0 Å². The van der Waals surface area contributed by atoms with Crippen molar-refractivity contribution in [3.8, 4) is 0 Å². The van der Waals surface area contributed by atoms with Crippen molar-refractivity contribution in [1.29, 1.82) is 0 Å². The maximum absolute atomic E-state index is 5.18. The molecule has 2 aromatic rings. The molecule has 0 fully saturated rings. The molecule has 0 spiro atoms. The Balaban J connectivity index is 0.00000760. The first kappa shape index (κ1) is 34.9. The van der Waals surface area contributed by atoms with Crippen LogP contribution >= 0.6 is 0 Å². The van der Waals surface area contributed by atoms with Gasteiger partial charge in [0.1, 0.15) is 0 Å². The van der Waals surface area contributed by atoms with Crippen LogP contribution in [0.1, 0.15) is 115 Å². The van der Waals surface area contributed by atoms with Crippen LogP contribution in [0.15, 0.2) is 82.8 Å². The van der Waals surface area contributed by atoms with Crippen LogP contribution in [0, 0.1) is 0 Å². The Kier molecular flexibility index (Phi) is 21.3. The second-order valence-electron chi connectivity index (χ2n) is 10.2. The fraction of sp³-hybridized carbons (Fsp3) is 0.500. The van der Waals surface area contributed by atoms with Crippen LogP contribution < -0.4 is 0 Å². The second-order valence-corrected chi connectivity index (χ2v) is 10.2. The minimum Gasteiger partial charge on any atom is -0.255 e. The van der Waals surface area contributed by atoms with E-state index in [1.54, 1.807) is 0 Å². The molecule has 3 heteroatoms. The molecule has 2 aromatic carbocycles. The van der Waals surface area contributed by atoms with Gasteiger partial charge in [0, 0.05) is 26.6 Å². The van der Waals surface area contributed by atoms with Gasteiger partial charge in [-0.05, 0) is 74.6 Å². The summed E-state index contributed by atoms with van der Waals surface area (Å²) in [5, 5.41) is 0. The number of allylic oxidation sites excluding steroid dienone is 4. The van der Waals surface area contributed by atoms with Crippen molar-refractivity contribution in [3.63, 3.8) is 0 Å². The standard InChI is InChI=1S/C36H52N2.Pd/c1-4-7-10-13-16-19-28-34(38-36-30-23-21-27-33(36)25-18-15-12-9-6-3)31-37-35-29-22-20-26-32(35)24-17-14-11-8-5-2;/h11-12,14-15,20-23,26-27,29-31H,4-10,13,16-19,24-25,28H2,1-3H3;/b14-11+,15-12+,37-31?,38-34?;. The minimum atomic E-state index is 0. The Morgan fingerprint density at radius 2 is 1.10 bits per heavy atom. The quantitative estimate of drug-likeness (QED) is 0.0610. The molecular weight excluding hydrogens is 567 g/mol. The predicted octanol–water partition coefficient (Wildman–Crippen LogP) is 11.5. The van der Waals surface area contributed by atoms with Crippen molar-refractivity contribution in [2.45, 2.75) is 117 Å². The maximum Gasteiger partial charge on any atom is 0.0665 e. The van der Waals surface area contributed by atoms with E-state index >= 15 is 0 Å². The summed E-state index contributed by atoms with van der Waals surface area (Å²) in [6.07, 6.45) is 28.9. The molecule has 0 N–H and O–H groups in total. The second kappa shape index (κ2) is 23.8. The van der Waals surface area contributed by atoms with E-state index in [0.29, 0.717) is 0 Å². The molecule has 0 atom stereocenters. The van der Waals surface area contributed by atoms with Gasteiger partial charge in [0.2, 0.25) is 0 Å². The first-order chi connectivity index (χ1) is 18.8. The Hall–Kier alpha value is -2.08. The van der Waals surface area contributed by atoms with E-state index in [2.05, 4.69) is 93.6 Å². The molecule has 2 nitrogen and oxygen atoms in total. The Morgan fingerprint density at radius 3 is 1.72 bits per heavy atom. The summed E-state index contributed by atoms with van der Waals surface area (Å²) in [4.78, 5) is 10.2. The molecule has 0 saturated carbocycles. The zero-order valence-corrected chi connectivity index (χ0v) is 26.4. The van der Waals surface area contributed by atoms with Gasteiger partial charge in [0.05, 0.1) is 17.1 Å². The minimum absolute atomic E-state index is 0. The number of hydrogen-bond donors (Lipinski definition) is 0. The van der Waals surface area contributed by atoms with Crippen LogP contribution in [-0.2, 0) is 33.3 Å². The maximum atomic E-state index is 5.18. The van der Waals surface area contributed by atoms with E-state index in [1.165, 1.54) is 62.5 Å². The van der Waals surface area contributed by atoms with Gasteiger partial charge < -0.3 is 0 Å². The number of aryl methyl sites for hydroxylation is 2. The molecule has 0 aliphatic rings. The van der Waals surface area contributed by atoms with E-state index in [0.717, 1.165) is 62.0 Å². The van der Waals surface area contributed by atoms with E-state index in [9.17, 15) is 0 Å². The third-order valence-corrected chi connectivity index (χ3v) is 6.79. The Labute approximate surface area is 253 Å². The monoisotopic (exact) mass is 618 g/mol. The van der Waals surface area contributed by atoms with Crippen LogP contribution in [0.25, 0.3) is 0 Å². The summed E-state index contributed by atoms with van der Waals surface area (Å²) in [6, 6.07) is 17.2. The van der Waals surface area contributed by atoms with Crippen molar-refractivity contribution in [3.05, 3.63) is 84.0 Å². The normalized spacial score (nSPS) is 12.1. The molecule has 216 valence electrons. The SMILES string of the molecule is CCC/C=C/CCc1ccccc1N=CC(CCCCCCCC)=Nc1ccccc1CC/C=C/CCC.[Pd]. The van der Waals surface area contributed by atoms with Gasteiger partial charge in [0.15, 0.2) is 0 Å². The fourth-order valence-electron chi connectivity index (χ4n) is 4.50. The van der Waals surface area contributed by atoms with Gasteiger partial charge in [-0.15, -0.1) is 0 Å². The number of para-hydroxylation sites is 2. The molecule has 0 saturated heterocycles. The topological polar surface area (TPSA) is 24.7 Å². The number of benzene rings is 2. The van der Waals surface area contributed by atoms with Crippen molar-refractivity contribution < 1.29 is 20.4 Å². The summed E-state index contributed by atoms with van der Waals surface area (Å²) in [5.74, 6) is 0. The van der Waals surface area contributed by atoms with Crippen LogP contribution in [0.2, 0.25) is 0 Å². The number of aliphatic imine (C=N–C) groups is 2. The number of hydrogen-bond acceptors (Lipinski definition) is 2. The van der Waals surface area contributed by atoms with Crippen LogP contribution in [-0.4, -0.2) is 11.9 Å². The summed E-state index contributed by atoms with van der Waals surface area (Å²) in [6.45, 7) is 6.73. The van der Waals surface area contributed by atoms with Crippen LogP contribution in [0.4, 0.5) is 11.4 Å². The summed E-state index contributed by atoms with van der Waals surface area (Å²) in [5.41, 5.74) is 5.89. The third-order valence-electron chi connectivity index (χ3n) is 6.79. The van der Waals surface area contributed by atoms with Gasteiger partial charge in [-0.1, -0.05) is 126 Å². The molecule has 0 amide bonds. The molecule has 0 radical (unpaired) electrons. The van der Waals surface area contributed by atoms with Crippen molar-refractivity contribution in [2.24, 2.45) is 9.98 Å². The number of unbranched alkanes of at least 4 members (excludes halogenated alkanes) is 7. The smallest absolute Gasteiger partial charge is 0.0665 e. The molecule has 0 unspecified atom stereocenters. The molecular formula is C36H52N2Pd. The van der Waals surface area contributed by atoms with Gasteiger partial charge >= 0.3 is 0 Å². The molecule has 0 aliphatic carbocycles. The Bertz CT molecular complexity index is 1000. The van der Waals surface area contributed by atoms with Gasteiger partial charge in [-0.25, -0.2) is 0 Å². The van der Waals surface area contributed by atoms with Gasteiger partial charge in [0.25, 0.3) is 0 Å². The molecule has 0 aliphatic heterocycles. The summed E-state index contributed by atoms with van der Waals surface area (Å²) in [7, 11) is 0. The largest absolute Gasteiger partial charge is 0.255 e. The zero-order valence-electron chi connectivity index (χ0n) is 24.8. The van der Waals surface area contributed by atoms with Crippen LogP contribution in [0.5, 0.6) is 0 Å². The van der Waals surface area contributed by atoms with Crippen molar-refractivity contribution in [2.75, 3.05) is 0 Å². The first-order valence-electron chi connectivity index (χ1n) is 15.4. The van der Waals surface area contributed by atoms with E-state index in [-0.39, 0.29) is 20.4 Å². The molecule has 0 heterocycles. The van der Waals surface area contributed by atoms with E-state index in [4.69, 9.17) is 9.98 Å². The molecule has 0 bridgehead atoms.